The molecule has 0 spiro atoms. The molecule has 2 heteroatoms. The lowest BCUT2D eigenvalue weighted by Crippen LogP contribution is -2.37. The minimum Gasteiger partial charge on any atom is -0.315 e. The van der Waals surface area contributed by atoms with E-state index in [9.17, 15) is 0 Å². The number of rotatable bonds is 4. The monoisotopic (exact) mass is 196 g/mol. The SMILES string of the molecule is CN1CCCC1CNCC1CCCC1. The fraction of sp³-hybridized carbons (Fsp3) is 1.00. The molecule has 0 bridgehead atoms. The molecule has 0 amide bonds. The zero-order valence-electron chi connectivity index (χ0n) is 9.47. The molecule has 2 rings (SSSR count). The Labute approximate surface area is 88.1 Å². The van der Waals surface area contributed by atoms with Gasteiger partial charge < -0.3 is 10.2 Å². The second-order valence-electron chi connectivity index (χ2n) is 5.09. The Bertz CT molecular complexity index is 164. The molecule has 2 fully saturated rings. The van der Waals surface area contributed by atoms with Gasteiger partial charge in [0.1, 0.15) is 0 Å². The maximum absolute atomic E-state index is 3.66. The summed E-state index contributed by atoms with van der Waals surface area (Å²) < 4.78 is 0. The summed E-state index contributed by atoms with van der Waals surface area (Å²) in [6.07, 6.45) is 8.66. The molecule has 1 unspecified atom stereocenters. The molecule has 1 aliphatic heterocycles. The number of likely N-dealkylation sites (N-methyl/N-ethyl adjacent to an activating group) is 1. The van der Waals surface area contributed by atoms with E-state index >= 15 is 0 Å². The molecule has 2 aliphatic rings. The lowest BCUT2D eigenvalue weighted by molar-refractivity contribution is 0.295. The molecule has 1 heterocycles. The standard InChI is InChI=1S/C12H24N2/c1-14-8-4-7-12(14)10-13-9-11-5-2-3-6-11/h11-13H,2-10H2,1H3. The molecular weight excluding hydrogens is 172 g/mol. The van der Waals surface area contributed by atoms with Crippen LogP contribution in [0.2, 0.25) is 0 Å². The Kier molecular flexibility index (Phi) is 3.82. The molecule has 0 radical (unpaired) electrons. The molecule has 1 saturated heterocycles. The maximum Gasteiger partial charge on any atom is 0.0218 e. The van der Waals surface area contributed by atoms with Crippen molar-refractivity contribution >= 4 is 0 Å². The minimum atomic E-state index is 0.816. The van der Waals surface area contributed by atoms with E-state index in [2.05, 4.69) is 17.3 Å². The van der Waals surface area contributed by atoms with Crippen molar-refractivity contribution in [1.29, 1.82) is 0 Å². The summed E-state index contributed by atoms with van der Waals surface area (Å²) in [6.45, 7) is 3.78. The lowest BCUT2D eigenvalue weighted by Gasteiger charge is -2.20. The summed E-state index contributed by atoms with van der Waals surface area (Å²) in [5, 5.41) is 3.66. The summed E-state index contributed by atoms with van der Waals surface area (Å²) in [6, 6.07) is 0.816. The molecule has 1 aliphatic carbocycles. The first-order valence-electron chi connectivity index (χ1n) is 6.27. The molecular formula is C12H24N2. The predicted molar refractivity (Wildman–Crippen MR) is 60.5 cm³/mol. The van der Waals surface area contributed by atoms with Crippen molar-refractivity contribution in [2.45, 2.75) is 44.6 Å². The molecule has 1 saturated carbocycles. The number of hydrogen-bond donors (Lipinski definition) is 1. The van der Waals surface area contributed by atoms with Gasteiger partial charge in [-0.1, -0.05) is 12.8 Å². The van der Waals surface area contributed by atoms with E-state index < -0.39 is 0 Å². The third-order valence-electron chi connectivity index (χ3n) is 3.96. The second-order valence-corrected chi connectivity index (χ2v) is 5.09. The molecule has 2 nitrogen and oxygen atoms in total. The van der Waals surface area contributed by atoms with Gasteiger partial charge in [-0.15, -0.1) is 0 Å². The zero-order valence-corrected chi connectivity index (χ0v) is 9.47. The van der Waals surface area contributed by atoms with Crippen LogP contribution in [-0.4, -0.2) is 37.6 Å². The Morgan fingerprint density at radius 3 is 2.50 bits per heavy atom. The zero-order chi connectivity index (χ0) is 9.80. The summed E-state index contributed by atoms with van der Waals surface area (Å²) in [5.41, 5.74) is 0. The van der Waals surface area contributed by atoms with Crippen LogP contribution >= 0.6 is 0 Å². The number of hydrogen-bond acceptors (Lipinski definition) is 2. The summed E-state index contributed by atoms with van der Waals surface area (Å²) in [7, 11) is 2.26. The fourth-order valence-corrected chi connectivity index (χ4v) is 2.91. The van der Waals surface area contributed by atoms with Crippen LogP contribution in [0.4, 0.5) is 0 Å². The number of nitrogens with zero attached hydrogens (tertiary/aromatic N) is 1. The predicted octanol–water partition coefficient (Wildman–Crippen LogP) is 1.86. The summed E-state index contributed by atoms with van der Waals surface area (Å²) >= 11 is 0. The van der Waals surface area contributed by atoms with Crippen molar-refractivity contribution in [3.05, 3.63) is 0 Å². The minimum absolute atomic E-state index is 0.816. The Hall–Kier alpha value is -0.0800. The van der Waals surface area contributed by atoms with Crippen LogP contribution in [0.1, 0.15) is 38.5 Å². The highest BCUT2D eigenvalue weighted by Gasteiger charge is 2.21. The summed E-state index contributed by atoms with van der Waals surface area (Å²) in [5.74, 6) is 0.988. The molecule has 1 atom stereocenters. The van der Waals surface area contributed by atoms with Gasteiger partial charge in [0.25, 0.3) is 0 Å². The van der Waals surface area contributed by atoms with Gasteiger partial charge in [-0.2, -0.15) is 0 Å². The van der Waals surface area contributed by atoms with Crippen molar-refractivity contribution < 1.29 is 0 Å². The molecule has 14 heavy (non-hydrogen) atoms. The van der Waals surface area contributed by atoms with Crippen LogP contribution < -0.4 is 5.32 Å². The van der Waals surface area contributed by atoms with Gasteiger partial charge in [-0.3, -0.25) is 0 Å². The average molecular weight is 196 g/mol. The van der Waals surface area contributed by atoms with Crippen LogP contribution in [-0.2, 0) is 0 Å². The fourth-order valence-electron chi connectivity index (χ4n) is 2.91. The van der Waals surface area contributed by atoms with Crippen LogP contribution in [0.3, 0.4) is 0 Å². The van der Waals surface area contributed by atoms with E-state index in [4.69, 9.17) is 0 Å². The first kappa shape index (κ1) is 10.4. The van der Waals surface area contributed by atoms with Crippen molar-refractivity contribution in [2.24, 2.45) is 5.92 Å². The topological polar surface area (TPSA) is 15.3 Å². The van der Waals surface area contributed by atoms with Gasteiger partial charge in [-0.25, -0.2) is 0 Å². The molecule has 1 N–H and O–H groups in total. The summed E-state index contributed by atoms with van der Waals surface area (Å²) in [4.78, 5) is 2.50. The maximum atomic E-state index is 3.66. The van der Waals surface area contributed by atoms with Gasteiger partial charge in [-0.05, 0) is 51.7 Å². The van der Waals surface area contributed by atoms with Crippen LogP contribution in [0.5, 0.6) is 0 Å². The number of likely N-dealkylation sites (tertiary alicyclic amines) is 1. The Morgan fingerprint density at radius 2 is 1.86 bits per heavy atom. The molecule has 82 valence electrons. The van der Waals surface area contributed by atoms with Gasteiger partial charge in [0.05, 0.1) is 0 Å². The largest absolute Gasteiger partial charge is 0.315 e. The van der Waals surface area contributed by atoms with Crippen molar-refractivity contribution in [3.8, 4) is 0 Å². The molecule has 0 aromatic heterocycles. The highest BCUT2D eigenvalue weighted by Crippen LogP contribution is 2.23. The van der Waals surface area contributed by atoms with E-state index in [1.165, 1.54) is 58.2 Å². The normalized spacial score (nSPS) is 30.2. The highest BCUT2D eigenvalue weighted by atomic mass is 15.2. The van der Waals surface area contributed by atoms with E-state index in [1.807, 2.05) is 0 Å². The van der Waals surface area contributed by atoms with Gasteiger partial charge in [0.15, 0.2) is 0 Å². The van der Waals surface area contributed by atoms with Gasteiger partial charge in [0.2, 0.25) is 0 Å². The average Bonchev–Trinajstić information content (AvgIpc) is 2.78. The van der Waals surface area contributed by atoms with E-state index in [0.29, 0.717) is 0 Å². The third kappa shape index (κ3) is 2.71. The number of nitrogens with one attached hydrogen (secondary N) is 1. The Balaban J connectivity index is 1.57. The van der Waals surface area contributed by atoms with Crippen molar-refractivity contribution in [3.63, 3.8) is 0 Å². The van der Waals surface area contributed by atoms with E-state index in [-0.39, 0.29) is 0 Å². The van der Waals surface area contributed by atoms with Crippen LogP contribution in [0, 0.1) is 5.92 Å². The Morgan fingerprint density at radius 1 is 1.07 bits per heavy atom. The van der Waals surface area contributed by atoms with Crippen molar-refractivity contribution in [1.82, 2.24) is 10.2 Å². The smallest absolute Gasteiger partial charge is 0.0218 e. The molecule has 0 aromatic rings. The first-order chi connectivity index (χ1) is 6.86. The highest BCUT2D eigenvalue weighted by molar-refractivity contribution is 4.79. The van der Waals surface area contributed by atoms with Gasteiger partial charge >= 0.3 is 0 Å². The van der Waals surface area contributed by atoms with Crippen LogP contribution in [0.25, 0.3) is 0 Å². The van der Waals surface area contributed by atoms with E-state index in [0.717, 1.165) is 12.0 Å². The van der Waals surface area contributed by atoms with E-state index in [1.54, 1.807) is 0 Å². The lowest BCUT2D eigenvalue weighted by atomic mass is 10.1. The van der Waals surface area contributed by atoms with Crippen LogP contribution in [0.15, 0.2) is 0 Å². The molecule has 0 aromatic carbocycles. The first-order valence-corrected chi connectivity index (χ1v) is 6.27. The van der Waals surface area contributed by atoms with Crippen molar-refractivity contribution in [2.75, 3.05) is 26.7 Å². The quantitative estimate of drug-likeness (QED) is 0.738. The second kappa shape index (κ2) is 5.13. The van der Waals surface area contributed by atoms with Gasteiger partial charge in [0, 0.05) is 12.6 Å². The third-order valence-corrected chi connectivity index (χ3v) is 3.96.